The van der Waals surface area contributed by atoms with Gasteiger partial charge in [0.05, 0.1) is 6.04 Å². The highest BCUT2D eigenvalue weighted by Gasteiger charge is 2.43. The second kappa shape index (κ2) is 5.99. The summed E-state index contributed by atoms with van der Waals surface area (Å²) in [6, 6.07) is -0.409. The number of amides is 1. The number of carbonyl (C=O) groups excluding carboxylic acids is 1. The molecule has 1 amide bonds. The number of aromatic nitrogens is 3. The van der Waals surface area contributed by atoms with Crippen molar-refractivity contribution in [3.63, 3.8) is 0 Å². The molecule has 9 heteroatoms. The third-order valence-electron chi connectivity index (χ3n) is 5.97. The lowest BCUT2D eigenvalue weighted by atomic mass is 9.91. The summed E-state index contributed by atoms with van der Waals surface area (Å²) < 4.78 is 40.3. The Morgan fingerprint density at radius 1 is 1.19 bits per heavy atom. The van der Waals surface area contributed by atoms with Gasteiger partial charge < -0.3 is 4.90 Å². The SMILES string of the molecule is Cn1c(C(F)(F)F)nn(C2CCN(C(=O)C3CC4C=CC3C4)CC2)c1=O. The molecule has 1 aromatic rings. The Hall–Kier alpha value is -2.06. The van der Waals surface area contributed by atoms with Gasteiger partial charge in [-0.2, -0.15) is 13.2 Å². The van der Waals surface area contributed by atoms with Crippen molar-refractivity contribution in [2.24, 2.45) is 24.8 Å². The predicted octanol–water partition coefficient (Wildman–Crippen LogP) is 1.98. The first-order valence-corrected chi connectivity index (χ1v) is 8.95. The molecule has 3 unspecified atom stereocenters. The molecule has 1 saturated carbocycles. The van der Waals surface area contributed by atoms with Gasteiger partial charge >= 0.3 is 11.9 Å². The number of alkyl halides is 3. The zero-order chi connectivity index (χ0) is 18.6. The number of likely N-dealkylation sites (tertiary alicyclic amines) is 1. The van der Waals surface area contributed by atoms with Crippen molar-refractivity contribution in [2.45, 2.75) is 37.9 Å². The normalized spacial score (nSPS) is 28.9. The maximum absolute atomic E-state index is 12.9. The molecule has 1 saturated heterocycles. The Balaban J connectivity index is 1.44. The molecule has 0 N–H and O–H groups in total. The summed E-state index contributed by atoms with van der Waals surface area (Å²) in [5, 5.41) is 3.51. The van der Waals surface area contributed by atoms with Gasteiger partial charge in [0.1, 0.15) is 0 Å². The van der Waals surface area contributed by atoms with E-state index in [9.17, 15) is 22.8 Å². The zero-order valence-electron chi connectivity index (χ0n) is 14.4. The summed E-state index contributed by atoms with van der Waals surface area (Å²) >= 11 is 0. The first-order valence-electron chi connectivity index (χ1n) is 8.95. The van der Waals surface area contributed by atoms with Crippen molar-refractivity contribution in [1.82, 2.24) is 19.2 Å². The van der Waals surface area contributed by atoms with Crippen molar-refractivity contribution >= 4 is 5.91 Å². The summed E-state index contributed by atoms with van der Waals surface area (Å²) in [5.41, 5.74) is -0.764. The fourth-order valence-electron chi connectivity index (χ4n) is 4.57. The maximum atomic E-state index is 12.9. The van der Waals surface area contributed by atoms with Crippen LogP contribution >= 0.6 is 0 Å². The first-order chi connectivity index (χ1) is 12.3. The molecule has 3 atom stereocenters. The van der Waals surface area contributed by atoms with Crippen molar-refractivity contribution in [3.05, 3.63) is 28.5 Å². The number of piperidine rings is 1. The van der Waals surface area contributed by atoms with E-state index < -0.39 is 23.7 Å². The van der Waals surface area contributed by atoms with E-state index in [4.69, 9.17) is 0 Å². The highest BCUT2D eigenvalue weighted by molar-refractivity contribution is 5.80. The minimum absolute atomic E-state index is 0.0379. The van der Waals surface area contributed by atoms with Gasteiger partial charge in [0.25, 0.3) is 0 Å². The van der Waals surface area contributed by atoms with E-state index in [2.05, 4.69) is 17.3 Å². The van der Waals surface area contributed by atoms with Gasteiger partial charge in [-0.05, 0) is 37.5 Å². The van der Waals surface area contributed by atoms with Crippen LogP contribution in [0.1, 0.15) is 37.5 Å². The molecule has 142 valence electrons. The predicted molar refractivity (Wildman–Crippen MR) is 86.2 cm³/mol. The van der Waals surface area contributed by atoms with Crippen LogP contribution in [0.25, 0.3) is 0 Å². The number of allylic oxidation sites excluding steroid dienone is 2. The maximum Gasteiger partial charge on any atom is 0.451 e. The van der Waals surface area contributed by atoms with Crippen LogP contribution in [0.5, 0.6) is 0 Å². The monoisotopic (exact) mass is 370 g/mol. The van der Waals surface area contributed by atoms with Gasteiger partial charge in [-0.15, -0.1) is 5.10 Å². The minimum Gasteiger partial charge on any atom is -0.342 e. The summed E-state index contributed by atoms with van der Waals surface area (Å²) in [6.45, 7) is 0.900. The van der Waals surface area contributed by atoms with Crippen molar-refractivity contribution in [1.29, 1.82) is 0 Å². The average molecular weight is 370 g/mol. The highest BCUT2D eigenvalue weighted by atomic mass is 19.4. The Morgan fingerprint density at radius 3 is 2.38 bits per heavy atom. The largest absolute Gasteiger partial charge is 0.451 e. The lowest BCUT2D eigenvalue weighted by Crippen LogP contribution is -2.44. The van der Waals surface area contributed by atoms with Crippen LogP contribution in [0.4, 0.5) is 13.2 Å². The van der Waals surface area contributed by atoms with Crippen LogP contribution in [0.3, 0.4) is 0 Å². The Morgan fingerprint density at radius 2 is 1.88 bits per heavy atom. The molecule has 0 spiro atoms. The van der Waals surface area contributed by atoms with Crippen LogP contribution in [0, 0.1) is 17.8 Å². The number of rotatable bonds is 2. The van der Waals surface area contributed by atoms with Crippen LogP contribution in [-0.4, -0.2) is 38.2 Å². The molecule has 4 rings (SSSR count). The zero-order valence-corrected chi connectivity index (χ0v) is 14.4. The van der Waals surface area contributed by atoms with Gasteiger partial charge in [0, 0.05) is 26.1 Å². The fraction of sp³-hybridized carbons (Fsp3) is 0.706. The molecule has 2 fully saturated rings. The average Bonchev–Trinajstić information content (AvgIpc) is 3.30. The summed E-state index contributed by atoms with van der Waals surface area (Å²) in [6.07, 6.45) is 2.49. The van der Waals surface area contributed by atoms with Crippen LogP contribution < -0.4 is 5.69 Å². The molecule has 6 nitrogen and oxygen atoms in total. The van der Waals surface area contributed by atoms with E-state index >= 15 is 0 Å². The van der Waals surface area contributed by atoms with E-state index in [0.717, 1.165) is 24.6 Å². The lowest BCUT2D eigenvalue weighted by Gasteiger charge is -2.34. The Labute approximate surface area is 148 Å². The number of nitrogens with zero attached hydrogens (tertiary/aromatic N) is 4. The van der Waals surface area contributed by atoms with E-state index in [1.165, 1.54) is 0 Å². The van der Waals surface area contributed by atoms with Gasteiger partial charge in [-0.25, -0.2) is 9.48 Å². The molecule has 1 aromatic heterocycles. The van der Waals surface area contributed by atoms with Gasteiger partial charge in [0.15, 0.2) is 0 Å². The molecule has 3 aliphatic rings. The topological polar surface area (TPSA) is 60.1 Å². The molecule has 2 heterocycles. The van der Waals surface area contributed by atoms with Crippen LogP contribution in [-0.2, 0) is 18.0 Å². The van der Waals surface area contributed by atoms with Crippen molar-refractivity contribution in [2.75, 3.05) is 13.1 Å². The van der Waals surface area contributed by atoms with Crippen LogP contribution in [0.2, 0.25) is 0 Å². The third kappa shape index (κ3) is 2.77. The molecule has 1 aliphatic heterocycles. The molecule has 2 bridgehead atoms. The van der Waals surface area contributed by atoms with E-state index in [1.807, 2.05) is 0 Å². The number of hydrogen-bond acceptors (Lipinski definition) is 3. The standard InChI is InChI=1S/C17H21F3N4O2/c1-22-15(17(18,19)20)21-24(16(22)26)12-4-6-23(7-5-12)14(25)13-9-10-2-3-11(13)8-10/h2-3,10-13H,4-9H2,1H3. The smallest absolute Gasteiger partial charge is 0.342 e. The summed E-state index contributed by atoms with van der Waals surface area (Å²) in [7, 11) is 1.08. The molecule has 0 aromatic carbocycles. The first kappa shape index (κ1) is 17.4. The van der Waals surface area contributed by atoms with Gasteiger partial charge in [0.2, 0.25) is 11.7 Å². The van der Waals surface area contributed by atoms with Gasteiger partial charge in [-0.1, -0.05) is 12.2 Å². The second-order valence-corrected chi connectivity index (χ2v) is 7.55. The summed E-state index contributed by atoms with van der Waals surface area (Å²) in [5.74, 6) is -0.160. The van der Waals surface area contributed by atoms with Gasteiger partial charge in [-0.3, -0.25) is 9.36 Å². The van der Waals surface area contributed by atoms with Crippen molar-refractivity contribution < 1.29 is 18.0 Å². The fourth-order valence-corrected chi connectivity index (χ4v) is 4.57. The quantitative estimate of drug-likeness (QED) is 0.748. The highest BCUT2D eigenvalue weighted by Crippen LogP contribution is 2.44. The second-order valence-electron chi connectivity index (χ2n) is 7.55. The molecular weight excluding hydrogens is 349 g/mol. The van der Waals surface area contributed by atoms with Crippen molar-refractivity contribution in [3.8, 4) is 0 Å². The number of halogens is 3. The molecular formula is C17H21F3N4O2. The third-order valence-corrected chi connectivity index (χ3v) is 5.97. The number of carbonyl (C=O) groups is 1. The van der Waals surface area contributed by atoms with E-state index in [-0.39, 0.29) is 11.8 Å². The molecule has 26 heavy (non-hydrogen) atoms. The summed E-state index contributed by atoms with van der Waals surface area (Å²) in [4.78, 5) is 26.7. The minimum atomic E-state index is -4.66. The van der Waals surface area contributed by atoms with E-state index in [0.29, 0.717) is 42.3 Å². The lowest BCUT2D eigenvalue weighted by molar-refractivity contribution is -0.147. The Kier molecular flexibility index (Phi) is 4.00. The Bertz CT molecular complexity index is 802. The number of fused-ring (bicyclic) bond motifs is 2. The van der Waals surface area contributed by atoms with E-state index in [1.54, 1.807) is 4.90 Å². The van der Waals surface area contributed by atoms with Crippen LogP contribution in [0.15, 0.2) is 16.9 Å². The molecule has 2 aliphatic carbocycles. The number of hydrogen-bond donors (Lipinski definition) is 0. The molecule has 0 radical (unpaired) electrons.